The summed E-state index contributed by atoms with van der Waals surface area (Å²) in [4.78, 5) is 13.5. The van der Waals surface area contributed by atoms with Gasteiger partial charge in [0.2, 0.25) is 10.0 Å². The number of sulfonamides is 1. The highest BCUT2D eigenvalue weighted by molar-refractivity contribution is 7.89. The lowest BCUT2D eigenvalue weighted by atomic mass is 10.3. The van der Waals surface area contributed by atoms with Crippen molar-refractivity contribution < 1.29 is 41.2 Å². The Hall–Kier alpha value is -2.08. The molecule has 0 spiro atoms. The van der Waals surface area contributed by atoms with Gasteiger partial charge in [0.05, 0.1) is 36.9 Å². The SMILES string of the molecule is CN(CCN(CC(=O)NO)[S+]([O-])c1cc(F)c(Oc2ccc(Cl)cc2)c(F)c1)S(=O)(=O)CCN1CCOCC1. The van der Waals surface area contributed by atoms with Crippen molar-refractivity contribution in [3.8, 4) is 11.5 Å². The van der Waals surface area contributed by atoms with E-state index in [1.165, 1.54) is 36.8 Å². The molecule has 2 aromatic carbocycles. The molecule has 216 valence electrons. The van der Waals surface area contributed by atoms with Gasteiger partial charge in [-0.3, -0.25) is 14.9 Å². The molecule has 0 aromatic heterocycles. The summed E-state index contributed by atoms with van der Waals surface area (Å²) >= 11 is 3.49. The third-order valence-electron chi connectivity index (χ3n) is 5.79. The quantitative estimate of drug-likeness (QED) is 0.198. The minimum atomic E-state index is -3.70. The molecule has 1 unspecified atom stereocenters. The van der Waals surface area contributed by atoms with Crippen LogP contribution in [0.1, 0.15) is 0 Å². The second-order valence-electron chi connectivity index (χ2n) is 8.51. The van der Waals surface area contributed by atoms with Gasteiger partial charge in [0.1, 0.15) is 12.3 Å². The van der Waals surface area contributed by atoms with Crippen LogP contribution in [0.5, 0.6) is 11.5 Å². The molecule has 1 aliphatic rings. The van der Waals surface area contributed by atoms with E-state index < -0.39 is 51.2 Å². The Labute approximate surface area is 233 Å². The normalized spacial score (nSPS) is 15.5. The molecule has 3 rings (SSSR count). The van der Waals surface area contributed by atoms with Crippen molar-refractivity contribution >= 4 is 38.9 Å². The van der Waals surface area contributed by atoms with Gasteiger partial charge >= 0.3 is 0 Å². The van der Waals surface area contributed by atoms with Crippen LogP contribution in [0.3, 0.4) is 0 Å². The Morgan fingerprint density at radius 3 is 2.41 bits per heavy atom. The second kappa shape index (κ2) is 14.5. The molecule has 0 saturated carbocycles. The number of likely N-dealkylation sites (N-methyl/N-ethyl adjacent to an activating group) is 1. The van der Waals surface area contributed by atoms with E-state index in [1.807, 2.05) is 4.90 Å². The number of benzene rings is 2. The minimum absolute atomic E-state index is 0.116. The zero-order chi connectivity index (χ0) is 28.6. The second-order valence-corrected chi connectivity index (χ2v) is 12.6. The Balaban J connectivity index is 1.69. The maximum Gasteiger partial charge on any atom is 0.262 e. The highest BCUT2D eigenvalue weighted by atomic mass is 35.5. The molecule has 1 aliphatic heterocycles. The van der Waals surface area contributed by atoms with Crippen LogP contribution in [0.2, 0.25) is 5.02 Å². The molecule has 1 saturated heterocycles. The first-order valence-electron chi connectivity index (χ1n) is 11.8. The number of carbonyl (C=O) groups is 1. The molecule has 11 nitrogen and oxygen atoms in total. The first-order valence-corrected chi connectivity index (χ1v) is 14.9. The fourth-order valence-electron chi connectivity index (χ4n) is 3.54. The summed E-state index contributed by atoms with van der Waals surface area (Å²) in [7, 11) is -2.36. The van der Waals surface area contributed by atoms with Crippen molar-refractivity contribution in [2.24, 2.45) is 0 Å². The zero-order valence-corrected chi connectivity index (χ0v) is 23.4. The molecule has 1 heterocycles. The van der Waals surface area contributed by atoms with Crippen LogP contribution >= 0.6 is 11.6 Å². The summed E-state index contributed by atoms with van der Waals surface area (Å²) in [6.07, 6.45) is 0. The lowest BCUT2D eigenvalue weighted by molar-refractivity contribution is -0.129. The van der Waals surface area contributed by atoms with E-state index in [0.717, 1.165) is 20.7 Å². The molecule has 0 bridgehead atoms. The third-order valence-corrected chi connectivity index (χ3v) is 9.30. The molecule has 2 aromatic rings. The van der Waals surface area contributed by atoms with Gasteiger partial charge in [0.25, 0.3) is 5.91 Å². The van der Waals surface area contributed by atoms with Crippen LogP contribution in [0.15, 0.2) is 41.3 Å². The molecule has 2 N–H and O–H groups in total. The van der Waals surface area contributed by atoms with Gasteiger partial charge < -0.3 is 14.0 Å². The Morgan fingerprint density at radius 2 is 1.82 bits per heavy atom. The van der Waals surface area contributed by atoms with Crippen molar-refractivity contribution in [1.82, 2.24) is 19.0 Å². The molecular formula is C23H29ClF2N4O7S2. The third kappa shape index (κ3) is 9.23. The van der Waals surface area contributed by atoms with Gasteiger partial charge in [-0.15, -0.1) is 4.31 Å². The number of ether oxygens (including phenoxy) is 2. The van der Waals surface area contributed by atoms with Crippen molar-refractivity contribution in [3.05, 3.63) is 53.1 Å². The Kier molecular flexibility index (Phi) is 11.7. The van der Waals surface area contributed by atoms with Crippen molar-refractivity contribution in [2.75, 3.05) is 65.3 Å². The molecule has 1 atom stereocenters. The van der Waals surface area contributed by atoms with E-state index in [9.17, 15) is 26.5 Å². The number of carbonyl (C=O) groups excluding carboxylic acids is 1. The van der Waals surface area contributed by atoms with Gasteiger partial charge in [-0.25, -0.2) is 27.0 Å². The maximum atomic E-state index is 14.8. The van der Waals surface area contributed by atoms with E-state index in [-0.39, 0.29) is 29.5 Å². The van der Waals surface area contributed by atoms with Crippen LogP contribution in [-0.2, 0) is 30.9 Å². The average Bonchev–Trinajstić information content (AvgIpc) is 2.92. The summed E-state index contributed by atoms with van der Waals surface area (Å²) in [5.41, 5.74) is 1.40. The first kappa shape index (κ1) is 31.4. The lowest BCUT2D eigenvalue weighted by Crippen LogP contribution is -2.45. The Bertz CT molecular complexity index is 1200. The predicted octanol–water partition coefficient (Wildman–Crippen LogP) is 1.83. The highest BCUT2D eigenvalue weighted by Crippen LogP contribution is 2.31. The van der Waals surface area contributed by atoms with Crippen molar-refractivity contribution in [3.63, 3.8) is 0 Å². The number of hydrogen-bond donors (Lipinski definition) is 2. The average molecular weight is 611 g/mol. The Morgan fingerprint density at radius 1 is 1.21 bits per heavy atom. The molecule has 39 heavy (non-hydrogen) atoms. The van der Waals surface area contributed by atoms with Crippen LogP contribution in [0.25, 0.3) is 0 Å². The number of hydrogen-bond acceptors (Lipinski definition) is 9. The first-order chi connectivity index (χ1) is 18.5. The number of morpholine rings is 1. The van der Waals surface area contributed by atoms with E-state index in [2.05, 4.69) is 0 Å². The van der Waals surface area contributed by atoms with E-state index in [1.54, 1.807) is 0 Å². The van der Waals surface area contributed by atoms with Crippen molar-refractivity contribution in [1.29, 1.82) is 0 Å². The molecular weight excluding hydrogens is 582 g/mol. The standard InChI is InChI=1S/C23H29ClF2N4O7S2/c1-28(39(34,35)13-10-29-8-11-36-12-9-29)6-7-30(16-22(31)27-32)38(33)19-14-20(25)23(21(26)15-19)37-18-4-2-17(24)3-5-18/h2-5,14-15,32H,6-13,16H2,1H3,(H,27,31). The molecule has 0 radical (unpaired) electrons. The highest BCUT2D eigenvalue weighted by Gasteiger charge is 2.30. The van der Waals surface area contributed by atoms with E-state index >= 15 is 0 Å². The maximum absolute atomic E-state index is 14.8. The fraction of sp³-hybridized carbons (Fsp3) is 0.435. The smallest absolute Gasteiger partial charge is 0.262 e. The molecule has 1 fully saturated rings. The largest absolute Gasteiger partial charge is 0.593 e. The van der Waals surface area contributed by atoms with Crippen LogP contribution < -0.4 is 10.2 Å². The molecule has 1 amide bonds. The number of hydroxylamine groups is 1. The molecule has 0 aliphatic carbocycles. The van der Waals surface area contributed by atoms with Crippen LogP contribution in [0.4, 0.5) is 8.78 Å². The fourth-order valence-corrected chi connectivity index (χ4v) is 6.01. The summed E-state index contributed by atoms with van der Waals surface area (Å²) in [5, 5.41) is 9.33. The van der Waals surface area contributed by atoms with Crippen molar-refractivity contribution in [2.45, 2.75) is 4.90 Å². The lowest BCUT2D eigenvalue weighted by Gasteiger charge is -2.28. The number of nitrogens with zero attached hydrogens (tertiary/aromatic N) is 3. The number of halogens is 3. The predicted molar refractivity (Wildman–Crippen MR) is 139 cm³/mol. The summed E-state index contributed by atoms with van der Waals surface area (Å²) in [6, 6.07) is 7.34. The summed E-state index contributed by atoms with van der Waals surface area (Å²) in [6.45, 7) is 1.53. The monoisotopic (exact) mass is 610 g/mol. The summed E-state index contributed by atoms with van der Waals surface area (Å²) < 4.78 is 80.8. The van der Waals surface area contributed by atoms with E-state index in [0.29, 0.717) is 37.9 Å². The minimum Gasteiger partial charge on any atom is -0.593 e. The zero-order valence-electron chi connectivity index (χ0n) is 21.0. The van der Waals surface area contributed by atoms with Gasteiger partial charge in [-0.2, -0.15) is 0 Å². The van der Waals surface area contributed by atoms with E-state index in [4.69, 9.17) is 26.3 Å². The number of nitrogens with one attached hydrogen (secondary N) is 1. The number of amides is 1. The van der Waals surface area contributed by atoms with Gasteiger partial charge in [-0.1, -0.05) is 11.6 Å². The van der Waals surface area contributed by atoms with Gasteiger partial charge in [0.15, 0.2) is 22.3 Å². The topological polar surface area (TPSA) is 135 Å². The summed E-state index contributed by atoms with van der Waals surface area (Å²) in [5.74, 6) is -4.03. The van der Waals surface area contributed by atoms with Crippen LogP contribution in [-0.4, -0.2) is 103 Å². The van der Waals surface area contributed by atoms with Gasteiger partial charge in [-0.05, 0) is 24.3 Å². The number of rotatable bonds is 13. The van der Waals surface area contributed by atoms with Gasteiger partial charge in [0, 0.05) is 50.4 Å². The molecule has 16 heteroatoms. The van der Waals surface area contributed by atoms with Crippen LogP contribution in [0, 0.1) is 11.6 Å².